The second kappa shape index (κ2) is 5.02. The van der Waals surface area contributed by atoms with E-state index in [2.05, 4.69) is 68.9 Å². The first kappa shape index (κ1) is 13.3. The Kier molecular flexibility index (Phi) is 3.52. The third-order valence-electron chi connectivity index (χ3n) is 3.83. The molecule has 1 aromatic heterocycles. The van der Waals surface area contributed by atoms with Crippen molar-refractivity contribution in [3.05, 3.63) is 61.3 Å². The summed E-state index contributed by atoms with van der Waals surface area (Å²) in [6, 6.07) is 6.74. The summed E-state index contributed by atoms with van der Waals surface area (Å²) in [4.78, 5) is 4.65. The maximum atomic E-state index is 4.65. The number of benzene rings is 1. The van der Waals surface area contributed by atoms with Crippen molar-refractivity contribution >= 4 is 31.9 Å². The van der Waals surface area contributed by atoms with Crippen LogP contribution in [0.15, 0.2) is 33.3 Å². The molecule has 0 amide bonds. The van der Waals surface area contributed by atoms with Crippen LogP contribution >= 0.6 is 31.9 Å². The summed E-state index contributed by atoms with van der Waals surface area (Å²) in [7, 11) is 0. The number of aryl methyl sites for hydroxylation is 3. The normalized spacial score (nSPS) is 17.6. The fraction of sp³-hybridized carbons (Fsp3) is 0.312. The zero-order valence-electron chi connectivity index (χ0n) is 11.0. The Morgan fingerprint density at radius 3 is 2.63 bits per heavy atom. The Bertz CT molecular complexity index is 649. The molecule has 0 saturated heterocycles. The van der Waals surface area contributed by atoms with Crippen molar-refractivity contribution in [2.45, 2.75) is 32.6 Å². The van der Waals surface area contributed by atoms with Gasteiger partial charge in [0.2, 0.25) is 0 Å². The van der Waals surface area contributed by atoms with E-state index in [0.717, 1.165) is 17.3 Å². The van der Waals surface area contributed by atoms with Crippen molar-refractivity contribution in [3.8, 4) is 0 Å². The Morgan fingerprint density at radius 1 is 1.11 bits per heavy atom. The molecule has 3 rings (SSSR count). The van der Waals surface area contributed by atoms with Gasteiger partial charge in [0.1, 0.15) is 0 Å². The number of pyridine rings is 1. The van der Waals surface area contributed by atoms with Crippen LogP contribution in [0, 0.1) is 6.92 Å². The average Bonchev–Trinajstić information content (AvgIpc) is 2.47. The van der Waals surface area contributed by atoms with Gasteiger partial charge in [0, 0.05) is 21.1 Å². The van der Waals surface area contributed by atoms with E-state index in [4.69, 9.17) is 0 Å². The number of aromatic nitrogens is 1. The SMILES string of the molecule is Cc1cc(Br)c2c(c1)CCc1cc(Br)cnc1C2C. The molecule has 3 heteroatoms. The molecule has 2 aromatic rings. The lowest BCUT2D eigenvalue weighted by molar-refractivity contribution is 0.853. The molecule has 1 unspecified atom stereocenters. The molecule has 0 saturated carbocycles. The highest BCUT2D eigenvalue weighted by atomic mass is 79.9. The number of fused-ring (bicyclic) bond motifs is 2. The van der Waals surface area contributed by atoms with Gasteiger partial charge < -0.3 is 0 Å². The van der Waals surface area contributed by atoms with Crippen LogP contribution < -0.4 is 0 Å². The van der Waals surface area contributed by atoms with Crippen LogP contribution in [-0.4, -0.2) is 4.98 Å². The number of hydrogen-bond donors (Lipinski definition) is 0. The summed E-state index contributed by atoms with van der Waals surface area (Å²) in [5.74, 6) is 0.343. The Labute approximate surface area is 130 Å². The van der Waals surface area contributed by atoms with Crippen molar-refractivity contribution in [1.82, 2.24) is 4.98 Å². The number of halogens is 2. The third-order valence-corrected chi connectivity index (χ3v) is 4.92. The summed E-state index contributed by atoms with van der Waals surface area (Å²) in [6.45, 7) is 4.41. The van der Waals surface area contributed by atoms with E-state index in [1.165, 1.54) is 32.4 Å². The zero-order valence-corrected chi connectivity index (χ0v) is 14.2. The number of nitrogens with zero attached hydrogens (tertiary/aromatic N) is 1. The minimum absolute atomic E-state index is 0.343. The first-order chi connectivity index (χ1) is 9.06. The fourth-order valence-electron chi connectivity index (χ4n) is 3.00. The van der Waals surface area contributed by atoms with Gasteiger partial charge in [-0.15, -0.1) is 0 Å². The Balaban J connectivity index is 2.20. The van der Waals surface area contributed by atoms with Crippen LogP contribution in [0.2, 0.25) is 0 Å². The molecular weight excluding hydrogens is 366 g/mol. The monoisotopic (exact) mass is 379 g/mol. The molecular formula is C16H15Br2N. The first-order valence-electron chi connectivity index (χ1n) is 6.49. The third kappa shape index (κ3) is 2.38. The fourth-order valence-corrected chi connectivity index (χ4v) is 4.34. The Morgan fingerprint density at radius 2 is 1.84 bits per heavy atom. The lowest BCUT2D eigenvalue weighted by atomic mass is 9.92. The molecule has 1 aliphatic carbocycles. The maximum absolute atomic E-state index is 4.65. The van der Waals surface area contributed by atoms with Crippen molar-refractivity contribution in [2.24, 2.45) is 0 Å². The summed E-state index contributed by atoms with van der Waals surface area (Å²) in [5.41, 5.74) is 6.75. The molecule has 1 aromatic carbocycles. The van der Waals surface area contributed by atoms with E-state index in [-0.39, 0.29) is 0 Å². The molecule has 1 nitrogen and oxygen atoms in total. The van der Waals surface area contributed by atoms with Crippen LogP contribution in [0.3, 0.4) is 0 Å². The summed E-state index contributed by atoms with van der Waals surface area (Å²) >= 11 is 7.26. The van der Waals surface area contributed by atoms with E-state index in [0.29, 0.717) is 5.92 Å². The smallest absolute Gasteiger partial charge is 0.0508 e. The first-order valence-corrected chi connectivity index (χ1v) is 8.08. The molecule has 0 N–H and O–H groups in total. The van der Waals surface area contributed by atoms with Crippen LogP contribution in [0.25, 0.3) is 0 Å². The summed E-state index contributed by atoms with van der Waals surface area (Å²) in [5, 5.41) is 0. The predicted octanol–water partition coefficient (Wildman–Crippen LogP) is 5.17. The van der Waals surface area contributed by atoms with Crippen molar-refractivity contribution in [1.29, 1.82) is 0 Å². The molecule has 19 heavy (non-hydrogen) atoms. The standard InChI is InChI=1S/C16H15Br2N/c1-9-5-11-3-4-12-7-13(17)8-19-16(12)10(2)15(11)14(18)6-9/h5-8,10H,3-4H2,1-2H3. The highest BCUT2D eigenvalue weighted by Gasteiger charge is 2.23. The number of rotatable bonds is 0. The predicted molar refractivity (Wildman–Crippen MR) is 85.7 cm³/mol. The van der Waals surface area contributed by atoms with E-state index >= 15 is 0 Å². The second-order valence-electron chi connectivity index (χ2n) is 5.24. The van der Waals surface area contributed by atoms with E-state index < -0.39 is 0 Å². The molecule has 98 valence electrons. The quantitative estimate of drug-likeness (QED) is 0.614. The molecule has 0 fully saturated rings. The molecule has 1 atom stereocenters. The van der Waals surface area contributed by atoms with Gasteiger partial charge in [-0.1, -0.05) is 28.9 Å². The van der Waals surface area contributed by atoms with Gasteiger partial charge in [-0.05, 0) is 70.1 Å². The highest BCUT2D eigenvalue weighted by molar-refractivity contribution is 9.10. The summed E-state index contributed by atoms with van der Waals surface area (Å²) < 4.78 is 2.28. The highest BCUT2D eigenvalue weighted by Crippen LogP contribution is 2.38. The minimum Gasteiger partial charge on any atom is -0.259 e. The molecule has 0 aliphatic heterocycles. The number of hydrogen-bond acceptors (Lipinski definition) is 1. The van der Waals surface area contributed by atoms with E-state index in [1.807, 2.05) is 6.20 Å². The largest absolute Gasteiger partial charge is 0.259 e. The molecule has 0 bridgehead atoms. The van der Waals surface area contributed by atoms with Gasteiger partial charge in [0.25, 0.3) is 0 Å². The second-order valence-corrected chi connectivity index (χ2v) is 7.01. The molecule has 1 aliphatic rings. The van der Waals surface area contributed by atoms with Crippen LogP contribution in [0.1, 0.15) is 40.8 Å². The van der Waals surface area contributed by atoms with Crippen molar-refractivity contribution in [2.75, 3.05) is 0 Å². The van der Waals surface area contributed by atoms with Crippen molar-refractivity contribution in [3.63, 3.8) is 0 Å². The molecule has 0 spiro atoms. The topological polar surface area (TPSA) is 12.9 Å². The lowest BCUT2D eigenvalue weighted by Crippen LogP contribution is -2.03. The van der Waals surface area contributed by atoms with Crippen molar-refractivity contribution < 1.29 is 0 Å². The van der Waals surface area contributed by atoms with Crippen LogP contribution in [0.4, 0.5) is 0 Å². The minimum atomic E-state index is 0.343. The van der Waals surface area contributed by atoms with E-state index in [1.54, 1.807) is 0 Å². The van der Waals surface area contributed by atoms with Gasteiger partial charge in [0.05, 0.1) is 5.69 Å². The maximum Gasteiger partial charge on any atom is 0.0508 e. The van der Waals surface area contributed by atoms with E-state index in [9.17, 15) is 0 Å². The van der Waals surface area contributed by atoms with Gasteiger partial charge >= 0.3 is 0 Å². The molecule has 1 heterocycles. The average molecular weight is 381 g/mol. The summed E-state index contributed by atoms with van der Waals surface area (Å²) in [6.07, 6.45) is 4.06. The van der Waals surface area contributed by atoms with Crippen LogP contribution in [0.5, 0.6) is 0 Å². The molecule has 0 radical (unpaired) electrons. The Hall–Kier alpha value is -0.670. The van der Waals surface area contributed by atoms with Gasteiger partial charge in [-0.2, -0.15) is 0 Å². The van der Waals surface area contributed by atoms with Gasteiger partial charge in [-0.3, -0.25) is 4.98 Å². The van der Waals surface area contributed by atoms with Gasteiger partial charge in [-0.25, -0.2) is 0 Å². The zero-order chi connectivity index (χ0) is 13.6. The van der Waals surface area contributed by atoms with Crippen LogP contribution in [-0.2, 0) is 12.8 Å². The lowest BCUT2D eigenvalue weighted by Gasteiger charge is -2.17. The van der Waals surface area contributed by atoms with Gasteiger partial charge in [0.15, 0.2) is 0 Å².